The van der Waals surface area contributed by atoms with Gasteiger partial charge in [-0.1, -0.05) is 40.3 Å². The number of hydrogen-bond acceptors (Lipinski definition) is 1. The van der Waals surface area contributed by atoms with Crippen LogP contribution in [0.4, 0.5) is 0 Å². The fourth-order valence-electron chi connectivity index (χ4n) is 0.798. The van der Waals surface area contributed by atoms with Gasteiger partial charge in [-0.25, -0.2) is 4.21 Å². The van der Waals surface area contributed by atoms with E-state index >= 15 is 0 Å². The molecule has 0 heterocycles. The van der Waals surface area contributed by atoms with E-state index in [0.29, 0.717) is 0 Å². The molecule has 0 fully saturated rings. The van der Waals surface area contributed by atoms with Crippen LogP contribution in [0.1, 0.15) is 5.56 Å². The van der Waals surface area contributed by atoms with E-state index < -0.39 is 10.8 Å². The van der Waals surface area contributed by atoms with Gasteiger partial charge in [-0.15, -0.1) is 0 Å². The molecule has 1 nitrogen and oxygen atoms in total. The Labute approximate surface area is 88.5 Å². The Bertz CT molecular complexity index is 303. The van der Waals surface area contributed by atoms with Gasteiger partial charge in [0.1, 0.15) is 0 Å². The predicted molar refractivity (Wildman–Crippen MR) is 60.7 cm³/mol. The molecule has 0 saturated carbocycles. The summed E-state index contributed by atoms with van der Waals surface area (Å²) >= 11 is 2.06. The number of benzene rings is 1. The van der Waals surface area contributed by atoms with Gasteiger partial charge < -0.3 is 0 Å². The summed E-state index contributed by atoms with van der Waals surface area (Å²) in [4.78, 5) is 0.855. The zero-order chi connectivity index (χ0) is 8.97. The highest BCUT2D eigenvalue weighted by atomic mass is 127. The highest BCUT2D eigenvalue weighted by Crippen LogP contribution is 2.09. The zero-order valence-electron chi connectivity index (χ0n) is 6.66. The van der Waals surface area contributed by atoms with Crippen LogP contribution in [0.3, 0.4) is 0 Å². The van der Waals surface area contributed by atoms with Crippen molar-refractivity contribution >= 4 is 33.4 Å². The molecule has 0 amide bonds. The van der Waals surface area contributed by atoms with Crippen molar-refractivity contribution in [2.24, 2.45) is 0 Å². The van der Waals surface area contributed by atoms with E-state index in [-0.39, 0.29) is 0 Å². The second-order valence-electron chi connectivity index (χ2n) is 2.37. The molecule has 1 atom stereocenters. The molecule has 1 aromatic rings. The highest BCUT2D eigenvalue weighted by molar-refractivity contribution is 14.1. The maximum Gasteiger partial charge on any atom is 0.0780 e. The third-order valence-corrected chi connectivity index (χ3v) is 3.40. The Balaban J connectivity index is 2.90. The average molecular weight is 292 g/mol. The molecule has 0 aliphatic carbocycles. The SMILES string of the molecule is Cc1ccc(S(=O)/C=C\I)cc1. The molecular weight excluding hydrogens is 283 g/mol. The highest BCUT2D eigenvalue weighted by Gasteiger charge is 1.96. The smallest absolute Gasteiger partial charge is 0.0780 e. The molecule has 0 aliphatic rings. The Kier molecular flexibility index (Phi) is 3.94. The van der Waals surface area contributed by atoms with E-state index in [9.17, 15) is 4.21 Å². The topological polar surface area (TPSA) is 17.1 Å². The summed E-state index contributed by atoms with van der Waals surface area (Å²) in [6.45, 7) is 2.01. The van der Waals surface area contributed by atoms with E-state index in [1.54, 1.807) is 9.49 Å². The van der Waals surface area contributed by atoms with Crippen molar-refractivity contribution in [2.75, 3.05) is 0 Å². The predicted octanol–water partition coefficient (Wildman–Crippen LogP) is 3.01. The summed E-state index contributed by atoms with van der Waals surface area (Å²) in [5.41, 5.74) is 1.19. The van der Waals surface area contributed by atoms with Gasteiger partial charge in [0.15, 0.2) is 0 Å². The summed E-state index contributed by atoms with van der Waals surface area (Å²) in [5.74, 6) is 0. The Morgan fingerprint density at radius 3 is 2.42 bits per heavy atom. The first-order valence-electron chi connectivity index (χ1n) is 3.48. The van der Waals surface area contributed by atoms with E-state index in [0.717, 1.165) is 4.90 Å². The van der Waals surface area contributed by atoms with Gasteiger partial charge in [0.05, 0.1) is 10.8 Å². The van der Waals surface area contributed by atoms with Crippen LogP contribution >= 0.6 is 22.6 Å². The average Bonchev–Trinajstić information content (AvgIpc) is 2.06. The Hall–Kier alpha value is -0.160. The fourth-order valence-corrected chi connectivity index (χ4v) is 2.25. The largest absolute Gasteiger partial charge is 0.250 e. The molecule has 0 radical (unpaired) electrons. The molecular formula is C9H9IOS. The van der Waals surface area contributed by atoms with Crippen molar-refractivity contribution in [3.05, 3.63) is 39.3 Å². The summed E-state index contributed by atoms with van der Waals surface area (Å²) in [5, 5.41) is 1.67. The van der Waals surface area contributed by atoms with Crippen molar-refractivity contribution < 1.29 is 4.21 Å². The molecule has 0 N–H and O–H groups in total. The van der Waals surface area contributed by atoms with Gasteiger partial charge in [-0.2, -0.15) is 0 Å². The molecule has 1 rings (SSSR count). The minimum absolute atomic E-state index is 0.855. The molecule has 64 valence electrons. The number of aryl methyl sites for hydroxylation is 1. The zero-order valence-corrected chi connectivity index (χ0v) is 9.63. The van der Waals surface area contributed by atoms with Crippen LogP contribution in [-0.4, -0.2) is 4.21 Å². The maximum atomic E-state index is 11.4. The van der Waals surface area contributed by atoms with Gasteiger partial charge >= 0.3 is 0 Å². The van der Waals surface area contributed by atoms with Gasteiger partial charge in [-0.3, -0.25) is 0 Å². The van der Waals surface area contributed by atoms with Crippen molar-refractivity contribution in [1.29, 1.82) is 0 Å². The second kappa shape index (κ2) is 4.77. The van der Waals surface area contributed by atoms with Gasteiger partial charge in [0.2, 0.25) is 0 Å². The van der Waals surface area contributed by atoms with Crippen molar-refractivity contribution in [1.82, 2.24) is 0 Å². The monoisotopic (exact) mass is 292 g/mol. The van der Waals surface area contributed by atoms with Crippen LogP contribution in [0.5, 0.6) is 0 Å². The van der Waals surface area contributed by atoms with Crippen LogP contribution in [0.2, 0.25) is 0 Å². The van der Waals surface area contributed by atoms with Crippen LogP contribution in [0.15, 0.2) is 38.7 Å². The lowest BCUT2D eigenvalue weighted by Crippen LogP contribution is -1.85. The molecule has 0 aliphatic heterocycles. The van der Waals surface area contributed by atoms with E-state index in [4.69, 9.17) is 0 Å². The first-order chi connectivity index (χ1) is 5.74. The second-order valence-corrected chi connectivity index (χ2v) is 4.43. The number of rotatable bonds is 2. The van der Waals surface area contributed by atoms with E-state index in [1.165, 1.54) is 5.56 Å². The molecule has 0 aromatic heterocycles. The van der Waals surface area contributed by atoms with E-state index in [1.807, 2.05) is 31.2 Å². The van der Waals surface area contributed by atoms with Gasteiger partial charge in [-0.05, 0) is 23.1 Å². The Morgan fingerprint density at radius 2 is 1.92 bits per heavy atom. The lowest BCUT2D eigenvalue weighted by atomic mass is 10.2. The standard InChI is InChI=1S/C9H9IOS/c1-8-2-4-9(5-3-8)12(11)7-6-10/h2-7H,1H3/b7-6-. The molecule has 12 heavy (non-hydrogen) atoms. The van der Waals surface area contributed by atoms with Crippen LogP contribution < -0.4 is 0 Å². The van der Waals surface area contributed by atoms with Crippen molar-refractivity contribution in [3.8, 4) is 0 Å². The molecule has 1 unspecified atom stereocenters. The molecule has 0 saturated heterocycles. The quantitative estimate of drug-likeness (QED) is 0.766. The third-order valence-electron chi connectivity index (χ3n) is 1.43. The van der Waals surface area contributed by atoms with Crippen LogP contribution in [0, 0.1) is 6.92 Å². The first kappa shape index (κ1) is 9.92. The minimum Gasteiger partial charge on any atom is -0.250 e. The summed E-state index contributed by atoms with van der Waals surface area (Å²) in [7, 11) is -0.980. The van der Waals surface area contributed by atoms with Crippen molar-refractivity contribution in [3.63, 3.8) is 0 Å². The number of hydrogen-bond donors (Lipinski definition) is 0. The van der Waals surface area contributed by atoms with Crippen molar-refractivity contribution in [2.45, 2.75) is 11.8 Å². The van der Waals surface area contributed by atoms with Gasteiger partial charge in [0.25, 0.3) is 0 Å². The Morgan fingerprint density at radius 1 is 1.33 bits per heavy atom. The summed E-state index contributed by atoms with van der Waals surface area (Å²) < 4.78 is 13.1. The lowest BCUT2D eigenvalue weighted by molar-refractivity contribution is 0.688. The maximum absolute atomic E-state index is 11.4. The molecule has 1 aromatic carbocycles. The minimum atomic E-state index is -0.980. The normalized spacial score (nSPS) is 13.5. The fraction of sp³-hybridized carbons (Fsp3) is 0.111. The lowest BCUT2D eigenvalue weighted by Gasteiger charge is -1.96. The molecule has 3 heteroatoms. The summed E-state index contributed by atoms with van der Waals surface area (Å²) in [6, 6.07) is 7.71. The first-order valence-corrected chi connectivity index (χ1v) is 5.94. The molecule has 0 bridgehead atoms. The summed E-state index contributed by atoms with van der Waals surface area (Å²) in [6.07, 6.45) is 0. The molecule has 0 spiro atoms. The van der Waals surface area contributed by atoms with Crippen LogP contribution in [0.25, 0.3) is 0 Å². The van der Waals surface area contributed by atoms with Crippen LogP contribution in [-0.2, 0) is 10.8 Å². The third kappa shape index (κ3) is 2.71. The number of halogens is 1. The van der Waals surface area contributed by atoms with E-state index in [2.05, 4.69) is 22.6 Å². The van der Waals surface area contributed by atoms with Gasteiger partial charge in [0, 0.05) is 10.3 Å².